The molecule has 0 aliphatic carbocycles. The highest BCUT2D eigenvalue weighted by Crippen LogP contribution is 2.23. The fraction of sp³-hybridized carbons (Fsp3) is 0.385. The van der Waals surface area contributed by atoms with E-state index in [1.807, 2.05) is 13.8 Å². The summed E-state index contributed by atoms with van der Waals surface area (Å²) in [6, 6.07) is 4.68. The Labute approximate surface area is 120 Å². The van der Waals surface area contributed by atoms with Gasteiger partial charge >= 0.3 is 5.97 Å². The molecule has 5 nitrogen and oxygen atoms in total. The molecule has 0 aliphatic heterocycles. The molecule has 0 saturated carbocycles. The second-order valence-corrected chi connectivity index (χ2v) is 5.03. The SMILES string of the molecule is CC[C@@H](C)NC(=O)COc1ccc(Br)cc1C(=O)O. The van der Waals surface area contributed by atoms with E-state index in [9.17, 15) is 9.59 Å². The van der Waals surface area contributed by atoms with Crippen molar-refractivity contribution in [2.75, 3.05) is 6.61 Å². The maximum atomic E-state index is 11.5. The van der Waals surface area contributed by atoms with Gasteiger partial charge in [-0.3, -0.25) is 4.79 Å². The molecule has 6 heteroatoms. The molecular formula is C13H16BrNO4. The number of hydrogen-bond acceptors (Lipinski definition) is 3. The van der Waals surface area contributed by atoms with Gasteiger partial charge in [-0.2, -0.15) is 0 Å². The van der Waals surface area contributed by atoms with Crippen LogP contribution in [0.3, 0.4) is 0 Å². The lowest BCUT2D eigenvalue weighted by Gasteiger charge is -2.13. The Kier molecular flexibility index (Phi) is 5.82. The van der Waals surface area contributed by atoms with Crippen molar-refractivity contribution in [2.45, 2.75) is 26.3 Å². The molecule has 0 unspecified atom stereocenters. The summed E-state index contributed by atoms with van der Waals surface area (Å²) in [7, 11) is 0. The number of benzene rings is 1. The molecule has 19 heavy (non-hydrogen) atoms. The summed E-state index contributed by atoms with van der Waals surface area (Å²) in [6.07, 6.45) is 0.824. The van der Waals surface area contributed by atoms with Gasteiger partial charge in [0.05, 0.1) is 0 Å². The van der Waals surface area contributed by atoms with Gasteiger partial charge in [0.2, 0.25) is 0 Å². The first-order valence-corrected chi connectivity index (χ1v) is 6.68. The van der Waals surface area contributed by atoms with Crippen LogP contribution in [-0.4, -0.2) is 29.6 Å². The lowest BCUT2D eigenvalue weighted by molar-refractivity contribution is -0.123. The van der Waals surface area contributed by atoms with Crippen molar-refractivity contribution in [2.24, 2.45) is 0 Å². The van der Waals surface area contributed by atoms with Crippen molar-refractivity contribution < 1.29 is 19.4 Å². The number of rotatable bonds is 6. The van der Waals surface area contributed by atoms with Crippen LogP contribution in [0.5, 0.6) is 5.75 Å². The lowest BCUT2D eigenvalue weighted by atomic mass is 10.2. The normalized spacial score (nSPS) is 11.7. The van der Waals surface area contributed by atoms with Crippen LogP contribution in [0, 0.1) is 0 Å². The van der Waals surface area contributed by atoms with Gasteiger partial charge in [-0.25, -0.2) is 4.79 Å². The highest BCUT2D eigenvalue weighted by molar-refractivity contribution is 9.10. The smallest absolute Gasteiger partial charge is 0.339 e. The predicted molar refractivity (Wildman–Crippen MR) is 74.5 cm³/mol. The van der Waals surface area contributed by atoms with E-state index in [4.69, 9.17) is 9.84 Å². The molecule has 2 N–H and O–H groups in total. The molecular weight excluding hydrogens is 314 g/mol. The van der Waals surface area contributed by atoms with Gasteiger partial charge in [0.25, 0.3) is 5.91 Å². The summed E-state index contributed by atoms with van der Waals surface area (Å²) in [4.78, 5) is 22.6. The quantitative estimate of drug-likeness (QED) is 0.840. The van der Waals surface area contributed by atoms with E-state index in [0.29, 0.717) is 4.47 Å². The van der Waals surface area contributed by atoms with E-state index in [-0.39, 0.29) is 29.9 Å². The largest absolute Gasteiger partial charge is 0.483 e. The van der Waals surface area contributed by atoms with Crippen LogP contribution in [0.2, 0.25) is 0 Å². The zero-order valence-corrected chi connectivity index (χ0v) is 12.4. The number of carboxylic acids is 1. The van der Waals surface area contributed by atoms with Gasteiger partial charge in [-0.15, -0.1) is 0 Å². The number of aromatic carboxylic acids is 1. The molecule has 0 heterocycles. The van der Waals surface area contributed by atoms with E-state index in [0.717, 1.165) is 6.42 Å². The number of ether oxygens (including phenoxy) is 1. The molecule has 0 aliphatic rings. The maximum Gasteiger partial charge on any atom is 0.339 e. The van der Waals surface area contributed by atoms with Crippen molar-refractivity contribution in [1.82, 2.24) is 5.32 Å². The topological polar surface area (TPSA) is 75.6 Å². The highest BCUT2D eigenvalue weighted by Gasteiger charge is 2.13. The summed E-state index contributed by atoms with van der Waals surface area (Å²) in [5, 5.41) is 11.8. The van der Waals surface area contributed by atoms with Gasteiger partial charge < -0.3 is 15.2 Å². The van der Waals surface area contributed by atoms with Crippen molar-refractivity contribution in [3.05, 3.63) is 28.2 Å². The van der Waals surface area contributed by atoms with Crippen molar-refractivity contribution in [3.63, 3.8) is 0 Å². The van der Waals surface area contributed by atoms with Crippen molar-refractivity contribution in [3.8, 4) is 5.75 Å². The molecule has 1 atom stereocenters. The number of carbonyl (C=O) groups excluding carboxylic acids is 1. The number of hydrogen-bond donors (Lipinski definition) is 2. The molecule has 0 radical (unpaired) electrons. The highest BCUT2D eigenvalue weighted by atomic mass is 79.9. The van der Waals surface area contributed by atoms with Crippen LogP contribution in [0.25, 0.3) is 0 Å². The fourth-order valence-electron chi connectivity index (χ4n) is 1.36. The second-order valence-electron chi connectivity index (χ2n) is 4.11. The second kappa shape index (κ2) is 7.13. The van der Waals surface area contributed by atoms with Gasteiger partial charge in [0, 0.05) is 10.5 Å². The van der Waals surface area contributed by atoms with E-state index >= 15 is 0 Å². The van der Waals surface area contributed by atoms with E-state index in [1.54, 1.807) is 6.07 Å². The number of carbonyl (C=O) groups is 2. The van der Waals surface area contributed by atoms with Crippen LogP contribution in [-0.2, 0) is 4.79 Å². The first kappa shape index (κ1) is 15.5. The molecule has 0 aromatic heterocycles. The summed E-state index contributed by atoms with van der Waals surface area (Å²) in [5.41, 5.74) is 0.0192. The average molecular weight is 330 g/mol. The standard InChI is InChI=1S/C13H16BrNO4/c1-3-8(2)15-12(16)7-19-11-5-4-9(14)6-10(11)13(17)18/h4-6,8H,3,7H2,1-2H3,(H,15,16)(H,17,18)/t8-/m1/s1. The fourth-order valence-corrected chi connectivity index (χ4v) is 1.72. The maximum absolute atomic E-state index is 11.5. The zero-order chi connectivity index (χ0) is 14.4. The summed E-state index contributed by atoms with van der Waals surface area (Å²) in [5.74, 6) is -1.19. The predicted octanol–water partition coefficient (Wildman–Crippen LogP) is 2.44. The van der Waals surface area contributed by atoms with Crippen molar-refractivity contribution >= 4 is 27.8 Å². The Morgan fingerprint density at radius 3 is 2.74 bits per heavy atom. The third kappa shape index (κ3) is 4.90. The minimum atomic E-state index is -1.10. The summed E-state index contributed by atoms with van der Waals surface area (Å²) >= 11 is 3.19. The number of amides is 1. The average Bonchev–Trinajstić information content (AvgIpc) is 2.36. The van der Waals surface area contributed by atoms with Gasteiger partial charge in [0.15, 0.2) is 6.61 Å². The van der Waals surface area contributed by atoms with Crippen molar-refractivity contribution in [1.29, 1.82) is 0 Å². The molecule has 0 spiro atoms. The Morgan fingerprint density at radius 1 is 1.47 bits per heavy atom. The molecule has 0 saturated heterocycles. The van der Waals surface area contributed by atoms with Crippen LogP contribution in [0.4, 0.5) is 0 Å². The molecule has 1 aromatic carbocycles. The molecule has 1 amide bonds. The van der Waals surface area contributed by atoms with Gasteiger partial charge in [0.1, 0.15) is 11.3 Å². The Bertz CT molecular complexity index is 476. The minimum absolute atomic E-state index is 0.0192. The Balaban J connectivity index is 2.67. The van der Waals surface area contributed by atoms with Crippen LogP contribution >= 0.6 is 15.9 Å². The molecule has 0 bridgehead atoms. The summed E-state index contributed by atoms with van der Waals surface area (Å²) in [6.45, 7) is 3.65. The summed E-state index contributed by atoms with van der Waals surface area (Å²) < 4.78 is 5.89. The number of halogens is 1. The third-order valence-corrected chi connectivity index (χ3v) is 3.04. The first-order valence-electron chi connectivity index (χ1n) is 5.89. The number of nitrogens with one attached hydrogen (secondary N) is 1. The number of carboxylic acid groups (broad SMARTS) is 1. The van der Waals surface area contributed by atoms with E-state index < -0.39 is 5.97 Å². The molecule has 1 aromatic rings. The zero-order valence-electron chi connectivity index (χ0n) is 10.8. The Hall–Kier alpha value is -1.56. The third-order valence-electron chi connectivity index (χ3n) is 2.55. The monoisotopic (exact) mass is 329 g/mol. The Morgan fingerprint density at radius 2 is 2.16 bits per heavy atom. The molecule has 104 valence electrons. The lowest BCUT2D eigenvalue weighted by Crippen LogP contribution is -2.35. The van der Waals surface area contributed by atoms with Crippen LogP contribution in [0.15, 0.2) is 22.7 Å². The molecule has 0 fully saturated rings. The van der Waals surface area contributed by atoms with Gasteiger partial charge in [-0.05, 0) is 31.5 Å². The first-order chi connectivity index (χ1) is 8.93. The van der Waals surface area contributed by atoms with Crippen LogP contribution in [0.1, 0.15) is 30.6 Å². The molecule has 1 rings (SSSR count). The van der Waals surface area contributed by atoms with E-state index in [1.165, 1.54) is 12.1 Å². The van der Waals surface area contributed by atoms with Gasteiger partial charge in [-0.1, -0.05) is 22.9 Å². The van der Waals surface area contributed by atoms with E-state index in [2.05, 4.69) is 21.2 Å². The van der Waals surface area contributed by atoms with Crippen LogP contribution < -0.4 is 10.1 Å². The minimum Gasteiger partial charge on any atom is -0.483 e.